The lowest BCUT2D eigenvalue weighted by Crippen LogP contribution is -2.13. The zero-order chi connectivity index (χ0) is 13.3. The lowest BCUT2D eigenvalue weighted by Gasteiger charge is -2.23. The van der Waals surface area contributed by atoms with E-state index in [9.17, 15) is 0 Å². The van der Waals surface area contributed by atoms with E-state index in [4.69, 9.17) is 17.3 Å². The normalized spacial score (nSPS) is 10.4. The highest BCUT2D eigenvalue weighted by Crippen LogP contribution is 2.32. The highest BCUT2D eigenvalue weighted by Gasteiger charge is 2.10. The van der Waals surface area contributed by atoms with E-state index in [0.717, 1.165) is 11.4 Å². The summed E-state index contributed by atoms with van der Waals surface area (Å²) in [5.74, 6) is 0. The van der Waals surface area contributed by atoms with Gasteiger partial charge in [0.15, 0.2) is 0 Å². The van der Waals surface area contributed by atoms with Crippen molar-refractivity contribution in [3.8, 4) is 0 Å². The van der Waals surface area contributed by atoms with Crippen molar-refractivity contribution < 1.29 is 0 Å². The number of aryl methyl sites for hydroxylation is 2. The number of nitrogens with two attached hydrogens (primary N) is 1. The maximum atomic E-state index is 6.02. The average Bonchev–Trinajstić information content (AvgIpc) is 2.31. The Bertz CT molecular complexity index is 579. The molecule has 0 saturated heterocycles. The van der Waals surface area contributed by atoms with Crippen molar-refractivity contribution in [3.05, 3.63) is 52.5 Å². The minimum absolute atomic E-state index is 0.658. The molecule has 2 aromatic rings. The van der Waals surface area contributed by atoms with Gasteiger partial charge in [-0.25, -0.2) is 0 Å². The van der Waals surface area contributed by atoms with Crippen LogP contribution in [0.5, 0.6) is 0 Å². The van der Waals surface area contributed by atoms with Crippen LogP contribution in [0.2, 0.25) is 5.02 Å². The Balaban J connectivity index is 2.47. The topological polar surface area (TPSA) is 29.3 Å². The van der Waals surface area contributed by atoms with Crippen LogP contribution in [0.3, 0.4) is 0 Å². The molecule has 0 unspecified atom stereocenters. The van der Waals surface area contributed by atoms with Crippen molar-refractivity contribution in [3.63, 3.8) is 0 Å². The van der Waals surface area contributed by atoms with E-state index >= 15 is 0 Å². The minimum atomic E-state index is 0.658. The second-order valence-corrected chi connectivity index (χ2v) is 4.99. The van der Waals surface area contributed by atoms with Gasteiger partial charge in [-0.2, -0.15) is 0 Å². The van der Waals surface area contributed by atoms with Crippen LogP contribution < -0.4 is 10.6 Å². The van der Waals surface area contributed by atoms with E-state index in [-0.39, 0.29) is 0 Å². The second kappa shape index (κ2) is 4.91. The van der Waals surface area contributed by atoms with Gasteiger partial charge >= 0.3 is 0 Å². The zero-order valence-electron chi connectivity index (χ0n) is 10.9. The molecule has 2 rings (SSSR count). The molecule has 0 radical (unpaired) electrons. The van der Waals surface area contributed by atoms with Gasteiger partial charge in [0.1, 0.15) is 0 Å². The van der Waals surface area contributed by atoms with Crippen molar-refractivity contribution in [2.45, 2.75) is 13.8 Å². The van der Waals surface area contributed by atoms with E-state index in [0.29, 0.717) is 10.7 Å². The molecule has 0 amide bonds. The molecule has 0 aliphatic heterocycles. The Kier molecular flexibility index (Phi) is 3.48. The summed E-state index contributed by atoms with van der Waals surface area (Å²) in [6, 6.07) is 12.0. The van der Waals surface area contributed by atoms with Gasteiger partial charge in [0.05, 0.1) is 11.4 Å². The average molecular weight is 261 g/mol. The van der Waals surface area contributed by atoms with Crippen molar-refractivity contribution >= 4 is 28.7 Å². The molecule has 0 bridgehead atoms. The van der Waals surface area contributed by atoms with Crippen molar-refractivity contribution in [2.75, 3.05) is 17.7 Å². The third-order valence-corrected chi connectivity index (χ3v) is 3.31. The van der Waals surface area contributed by atoms with E-state index in [2.05, 4.69) is 36.9 Å². The minimum Gasteiger partial charge on any atom is -0.397 e. The molecular formula is C15H17ClN2. The van der Waals surface area contributed by atoms with Crippen LogP contribution in [0.4, 0.5) is 17.1 Å². The van der Waals surface area contributed by atoms with Crippen LogP contribution in [0.25, 0.3) is 0 Å². The van der Waals surface area contributed by atoms with Crippen LogP contribution in [0.1, 0.15) is 11.1 Å². The summed E-state index contributed by atoms with van der Waals surface area (Å²) in [5.41, 5.74) is 11.3. The fraction of sp³-hybridized carbons (Fsp3) is 0.200. The number of hydrogen-bond acceptors (Lipinski definition) is 2. The van der Waals surface area contributed by atoms with E-state index in [1.165, 1.54) is 11.1 Å². The van der Waals surface area contributed by atoms with Crippen LogP contribution in [0.15, 0.2) is 36.4 Å². The smallest absolute Gasteiger partial charge is 0.0642 e. The van der Waals surface area contributed by atoms with Crippen LogP contribution in [-0.2, 0) is 0 Å². The largest absolute Gasteiger partial charge is 0.397 e. The Morgan fingerprint density at radius 1 is 1.00 bits per heavy atom. The number of anilines is 3. The molecule has 0 spiro atoms. The summed E-state index contributed by atoms with van der Waals surface area (Å²) < 4.78 is 0. The van der Waals surface area contributed by atoms with Crippen molar-refractivity contribution in [1.82, 2.24) is 0 Å². The first-order chi connectivity index (χ1) is 8.49. The molecule has 0 atom stereocenters. The lowest BCUT2D eigenvalue weighted by molar-refractivity contribution is 1.18. The fourth-order valence-electron chi connectivity index (χ4n) is 2.04. The number of nitrogens with zero attached hydrogens (tertiary/aromatic N) is 1. The fourth-order valence-corrected chi connectivity index (χ4v) is 2.22. The van der Waals surface area contributed by atoms with Gasteiger partial charge in [0.25, 0.3) is 0 Å². The lowest BCUT2D eigenvalue weighted by atomic mass is 10.1. The summed E-state index contributed by atoms with van der Waals surface area (Å²) in [4.78, 5) is 2.09. The molecule has 18 heavy (non-hydrogen) atoms. The molecule has 0 aliphatic rings. The SMILES string of the molecule is Cc1ccc(C)c(N(C)c2ccc(Cl)cc2N)c1. The quantitative estimate of drug-likeness (QED) is 0.816. The molecule has 2 aromatic carbocycles. The summed E-state index contributed by atoms with van der Waals surface area (Å²) in [5, 5.41) is 0.658. The molecule has 3 heteroatoms. The summed E-state index contributed by atoms with van der Waals surface area (Å²) in [6.45, 7) is 4.18. The van der Waals surface area contributed by atoms with E-state index < -0.39 is 0 Å². The van der Waals surface area contributed by atoms with Crippen LogP contribution in [-0.4, -0.2) is 7.05 Å². The predicted octanol–water partition coefficient (Wildman–Crippen LogP) is 4.31. The Morgan fingerprint density at radius 3 is 2.39 bits per heavy atom. The van der Waals surface area contributed by atoms with Gasteiger partial charge in [0.2, 0.25) is 0 Å². The number of hydrogen-bond donors (Lipinski definition) is 1. The predicted molar refractivity (Wildman–Crippen MR) is 79.8 cm³/mol. The van der Waals surface area contributed by atoms with Crippen molar-refractivity contribution in [1.29, 1.82) is 0 Å². The first kappa shape index (κ1) is 12.8. The van der Waals surface area contributed by atoms with Gasteiger partial charge in [-0.1, -0.05) is 23.7 Å². The molecule has 2 nitrogen and oxygen atoms in total. The summed E-state index contributed by atoms with van der Waals surface area (Å²) in [6.07, 6.45) is 0. The number of rotatable bonds is 2. The molecule has 0 aromatic heterocycles. The first-order valence-electron chi connectivity index (χ1n) is 5.85. The van der Waals surface area contributed by atoms with Gasteiger partial charge < -0.3 is 10.6 Å². The number of nitrogen functional groups attached to an aromatic ring is 1. The maximum absolute atomic E-state index is 6.02. The summed E-state index contributed by atoms with van der Waals surface area (Å²) >= 11 is 5.93. The highest BCUT2D eigenvalue weighted by molar-refractivity contribution is 6.31. The maximum Gasteiger partial charge on any atom is 0.0642 e. The third-order valence-electron chi connectivity index (χ3n) is 3.08. The van der Waals surface area contributed by atoms with Gasteiger partial charge in [-0.3, -0.25) is 0 Å². The first-order valence-corrected chi connectivity index (χ1v) is 6.23. The van der Waals surface area contributed by atoms with E-state index in [1.54, 1.807) is 6.07 Å². The molecular weight excluding hydrogens is 244 g/mol. The Morgan fingerprint density at radius 2 is 1.72 bits per heavy atom. The standard InChI is InChI=1S/C15H17ClN2/c1-10-4-5-11(2)15(8-10)18(3)14-7-6-12(16)9-13(14)17/h4-9H,17H2,1-3H3. The molecule has 0 saturated carbocycles. The van der Waals surface area contributed by atoms with Crippen molar-refractivity contribution in [2.24, 2.45) is 0 Å². The number of benzene rings is 2. The third kappa shape index (κ3) is 2.44. The second-order valence-electron chi connectivity index (χ2n) is 4.55. The molecule has 2 N–H and O–H groups in total. The monoisotopic (exact) mass is 260 g/mol. The summed E-state index contributed by atoms with van der Waals surface area (Å²) in [7, 11) is 2.02. The molecule has 0 fully saturated rings. The van der Waals surface area contributed by atoms with Crippen LogP contribution >= 0.6 is 11.6 Å². The zero-order valence-corrected chi connectivity index (χ0v) is 11.6. The molecule has 94 valence electrons. The Hall–Kier alpha value is -1.67. The van der Waals surface area contributed by atoms with Crippen LogP contribution in [0, 0.1) is 13.8 Å². The Labute approximate surface area is 113 Å². The highest BCUT2D eigenvalue weighted by atomic mass is 35.5. The van der Waals surface area contributed by atoms with Gasteiger partial charge in [0, 0.05) is 17.8 Å². The van der Waals surface area contributed by atoms with E-state index in [1.807, 2.05) is 19.2 Å². The van der Waals surface area contributed by atoms with Gasteiger partial charge in [-0.05, 0) is 49.2 Å². The molecule has 0 aliphatic carbocycles. The van der Waals surface area contributed by atoms with Gasteiger partial charge in [-0.15, -0.1) is 0 Å². The molecule has 0 heterocycles. The number of halogens is 1.